The molecule has 0 saturated heterocycles. The van der Waals surface area contributed by atoms with Crippen molar-refractivity contribution in [2.45, 2.75) is 50.7 Å². The molecule has 0 unspecified atom stereocenters. The molecule has 2 nitrogen and oxygen atoms in total. The van der Waals surface area contributed by atoms with E-state index >= 15 is 0 Å². The minimum Gasteiger partial charge on any atom is -0.393 e. The first-order valence-electron chi connectivity index (χ1n) is 6.24. The quantitative estimate of drug-likeness (QED) is 0.697. The molecular formula is C12H21NO. The van der Waals surface area contributed by atoms with Crippen LogP contribution >= 0.6 is 0 Å². The standard InChI is InChI=1S/C12H21NO/c14-11-5-8(6-11)7-13-12(9-1-2-9)10-3-4-10/h8-14H,1-7H2. The second-order valence-electron chi connectivity index (χ2n) is 5.60. The molecule has 0 bridgehead atoms. The zero-order valence-electron chi connectivity index (χ0n) is 8.78. The molecule has 0 aromatic heterocycles. The third-order valence-corrected chi connectivity index (χ3v) is 4.11. The highest BCUT2D eigenvalue weighted by Gasteiger charge is 2.41. The van der Waals surface area contributed by atoms with Crippen molar-refractivity contribution in [3.8, 4) is 0 Å². The van der Waals surface area contributed by atoms with Crippen molar-refractivity contribution >= 4 is 0 Å². The molecule has 0 radical (unpaired) electrons. The van der Waals surface area contributed by atoms with E-state index in [1.54, 1.807) is 0 Å². The maximum absolute atomic E-state index is 9.20. The molecule has 0 amide bonds. The fourth-order valence-electron chi connectivity index (χ4n) is 2.80. The topological polar surface area (TPSA) is 32.3 Å². The lowest BCUT2D eigenvalue weighted by molar-refractivity contribution is 0.0411. The summed E-state index contributed by atoms with van der Waals surface area (Å²) in [7, 11) is 0. The Morgan fingerprint density at radius 1 is 1.07 bits per heavy atom. The average Bonchev–Trinajstić information content (AvgIpc) is 2.96. The van der Waals surface area contributed by atoms with Crippen molar-refractivity contribution in [2.75, 3.05) is 6.54 Å². The molecule has 0 aromatic rings. The van der Waals surface area contributed by atoms with Gasteiger partial charge in [-0.25, -0.2) is 0 Å². The van der Waals surface area contributed by atoms with Crippen LogP contribution in [0.15, 0.2) is 0 Å². The van der Waals surface area contributed by atoms with Gasteiger partial charge in [0.2, 0.25) is 0 Å². The van der Waals surface area contributed by atoms with Crippen LogP contribution in [0.3, 0.4) is 0 Å². The maximum Gasteiger partial charge on any atom is 0.0546 e. The van der Waals surface area contributed by atoms with E-state index in [0.29, 0.717) is 0 Å². The molecule has 0 aromatic carbocycles. The van der Waals surface area contributed by atoms with Crippen molar-refractivity contribution in [2.24, 2.45) is 17.8 Å². The summed E-state index contributed by atoms with van der Waals surface area (Å²) < 4.78 is 0. The van der Waals surface area contributed by atoms with E-state index in [2.05, 4.69) is 5.32 Å². The monoisotopic (exact) mass is 195 g/mol. The first kappa shape index (κ1) is 9.17. The summed E-state index contributed by atoms with van der Waals surface area (Å²) in [5.74, 6) is 2.78. The number of rotatable bonds is 5. The van der Waals surface area contributed by atoms with Crippen LogP contribution in [0.25, 0.3) is 0 Å². The van der Waals surface area contributed by atoms with Crippen LogP contribution in [0.1, 0.15) is 38.5 Å². The molecule has 2 heteroatoms. The summed E-state index contributed by atoms with van der Waals surface area (Å²) in [4.78, 5) is 0. The van der Waals surface area contributed by atoms with Gasteiger partial charge >= 0.3 is 0 Å². The predicted octanol–water partition coefficient (Wildman–Crippen LogP) is 1.54. The number of hydrogen-bond donors (Lipinski definition) is 2. The number of nitrogens with one attached hydrogen (secondary N) is 1. The lowest BCUT2D eigenvalue weighted by Crippen LogP contribution is -2.42. The molecule has 3 rings (SSSR count). The molecule has 3 aliphatic carbocycles. The van der Waals surface area contributed by atoms with Gasteiger partial charge in [0.05, 0.1) is 6.10 Å². The van der Waals surface area contributed by atoms with E-state index in [9.17, 15) is 5.11 Å². The minimum atomic E-state index is 0.0158. The molecule has 0 heterocycles. The largest absolute Gasteiger partial charge is 0.393 e. The van der Waals surface area contributed by atoms with Gasteiger partial charge in [-0.3, -0.25) is 0 Å². The summed E-state index contributed by atoms with van der Waals surface area (Å²) in [6.45, 7) is 1.16. The lowest BCUT2D eigenvalue weighted by Gasteiger charge is -2.33. The number of aliphatic hydroxyl groups is 1. The average molecular weight is 195 g/mol. The van der Waals surface area contributed by atoms with Gasteiger partial charge in [-0.05, 0) is 62.8 Å². The molecule has 3 saturated carbocycles. The lowest BCUT2D eigenvalue weighted by atomic mass is 9.82. The van der Waals surface area contributed by atoms with Gasteiger partial charge in [-0.15, -0.1) is 0 Å². The van der Waals surface area contributed by atoms with Gasteiger partial charge in [0.15, 0.2) is 0 Å². The van der Waals surface area contributed by atoms with Crippen LogP contribution < -0.4 is 5.32 Å². The molecule has 0 aliphatic heterocycles. The fraction of sp³-hybridized carbons (Fsp3) is 1.00. The highest BCUT2D eigenvalue weighted by Crippen LogP contribution is 2.44. The van der Waals surface area contributed by atoms with E-state index in [4.69, 9.17) is 0 Å². The van der Waals surface area contributed by atoms with Crippen molar-refractivity contribution in [3.05, 3.63) is 0 Å². The second kappa shape index (κ2) is 3.49. The van der Waals surface area contributed by atoms with Crippen LogP contribution in [-0.2, 0) is 0 Å². The Bertz CT molecular complexity index is 192. The Morgan fingerprint density at radius 3 is 2.07 bits per heavy atom. The second-order valence-corrected chi connectivity index (χ2v) is 5.60. The Kier molecular flexibility index (Phi) is 2.29. The van der Waals surface area contributed by atoms with E-state index in [1.807, 2.05) is 0 Å². The summed E-state index contributed by atoms with van der Waals surface area (Å²) in [5.41, 5.74) is 0. The first-order chi connectivity index (χ1) is 6.83. The van der Waals surface area contributed by atoms with Crippen LogP contribution in [0, 0.1) is 17.8 Å². The Hall–Kier alpha value is -0.0800. The Balaban J connectivity index is 1.41. The fourth-order valence-corrected chi connectivity index (χ4v) is 2.80. The smallest absolute Gasteiger partial charge is 0.0546 e. The summed E-state index contributed by atoms with van der Waals surface area (Å²) >= 11 is 0. The Labute approximate surface area is 86.1 Å². The van der Waals surface area contributed by atoms with Gasteiger partial charge in [-0.2, -0.15) is 0 Å². The van der Waals surface area contributed by atoms with E-state index in [-0.39, 0.29) is 6.10 Å². The normalized spacial score (nSPS) is 37.3. The summed E-state index contributed by atoms with van der Waals surface area (Å²) in [6, 6.07) is 0.841. The predicted molar refractivity (Wildman–Crippen MR) is 56.0 cm³/mol. The SMILES string of the molecule is OC1CC(CNC(C2CC2)C2CC2)C1. The molecule has 0 atom stereocenters. The molecule has 80 valence electrons. The number of hydrogen-bond acceptors (Lipinski definition) is 2. The highest BCUT2D eigenvalue weighted by atomic mass is 16.3. The molecule has 3 fully saturated rings. The van der Waals surface area contributed by atoms with Crippen molar-refractivity contribution in [1.82, 2.24) is 5.32 Å². The third kappa shape index (κ3) is 1.96. The van der Waals surface area contributed by atoms with Gasteiger partial charge in [0, 0.05) is 6.04 Å². The van der Waals surface area contributed by atoms with Crippen LogP contribution in [0.4, 0.5) is 0 Å². The van der Waals surface area contributed by atoms with Crippen molar-refractivity contribution in [3.63, 3.8) is 0 Å². The van der Waals surface area contributed by atoms with Gasteiger partial charge in [0.25, 0.3) is 0 Å². The molecule has 0 spiro atoms. The molecule has 3 aliphatic rings. The molecular weight excluding hydrogens is 174 g/mol. The zero-order valence-corrected chi connectivity index (χ0v) is 8.78. The van der Waals surface area contributed by atoms with Crippen molar-refractivity contribution in [1.29, 1.82) is 0 Å². The van der Waals surface area contributed by atoms with Gasteiger partial charge in [-0.1, -0.05) is 0 Å². The van der Waals surface area contributed by atoms with Gasteiger partial charge in [0.1, 0.15) is 0 Å². The minimum absolute atomic E-state index is 0.0158. The van der Waals surface area contributed by atoms with E-state index < -0.39 is 0 Å². The maximum atomic E-state index is 9.20. The van der Waals surface area contributed by atoms with Gasteiger partial charge < -0.3 is 10.4 Å². The third-order valence-electron chi connectivity index (χ3n) is 4.11. The van der Waals surface area contributed by atoms with Crippen LogP contribution in [-0.4, -0.2) is 23.8 Å². The van der Waals surface area contributed by atoms with E-state index in [1.165, 1.54) is 25.7 Å². The van der Waals surface area contributed by atoms with Crippen molar-refractivity contribution < 1.29 is 5.11 Å². The summed E-state index contributed by atoms with van der Waals surface area (Å²) in [6.07, 6.45) is 7.93. The van der Waals surface area contributed by atoms with Crippen LogP contribution in [0.5, 0.6) is 0 Å². The Morgan fingerprint density at radius 2 is 1.64 bits per heavy atom. The zero-order chi connectivity index (χ0) is 9.54. The number of aliphatic hydroxyl groups excluding tert-OH is 1. The van der Waals surface area contributed by atoms with Crippen LogP contribution in [0.2, 0.25) is 0 Å². The molecule has 14 heavy (non-hydrogen) atoms. The summed E-state index contributed by atoms with van der Waals surface area (Å²) in [5, 5.41) is 13.0. The molecule has 2 N–H and O–H groups in total. The first-order valence-corrected chi connectivity index (χ1v) is 6.24. The highest BCUT2D eigenvalue weighted by molar-refractivity contribution is 4.97. The van der Waals surface area contributed by atoms with E-state index in [0.717, 1.165) is 43.2 Å².